The zero-order valence-corrected chi connectivity index (χ0v) is 14.5. The molecule has 1 aliphatic rings. The largest absolute Gasteiger partial charge is 0.492 e. The van der Waals surface area contributed by atoms with Crippen molar-refractivity contribution in [1.82, 2.24) is 0 Å². The van der Waals surface area contributed by atoms with Gasteiger partial charge in [-0.1, -0.05) is 28.9 Å². The van der Waals surface area contributed by atoms with Crippen LogP contribution in [0.2, 0.25) is 0 Å². The number of hydrogen-bond donors (Lipinski definition) is 0. The molecule has 1 fully saturated rings. The molecule has 0 radical (unpaired) electrons. The highest BCUT2D eigenvalue weighted by atomic mass is 79.9. The molecule has 3 unspecified atom stereocenters. The van der Waals surface area contributed by atoms with Gasteiger partial charge in [-0.3, -0.25) is 0 Å². The Kier molecular flexibility index (Phi) is 5.72. The van der Waals surface area contributed by atoms with E-state index in [2.05, 4.69) is 57.8 Å². The van der Waals surface area contributed by atoms with Crippen LogP contribution in [0.15, 0.2) is 22.7 Å². The van der Waals surface area contributed by atoms with E-state index in [-0.39, 0.29) is 10.9 Å². The molecule has 106 valence electrons. The molecule has 0 spiro atoms. The van der Waals surface area contributed by atoms with Gasteiger partial charge in [0.05, 0.1) is 28.1 Å². The van der Waals surface area contributed by atoms with Crippen LogP contribution in [0.4, 0.5) is 0 Å². The van der Waals surface area contributed by atoms with Crippen molar-refractivity contribution in [3.8, 4) is 5.75 Å². The number of halogens is 2. The Morgan fingerprint density at radius 3 is 2.79 bits per heavy atom. The Morgan fingerprint density at radius 2 is 2.21 bits per heavy atom. The minimum Gasteiger partial charge on any atom is -0.492 e. The molecular formula is C15H20Br2O2. The zero-order valence-electron chi connectivity index (χ0n) is 11.4. The minimum atomic E-state index is 0.244. The quantitative estimate of drug-likeness (QED) is 0.638. The van der Waals surface area contributed by atoms with Gasteiger partial charge in [-0.2, -0.15) is 0 Å². The Balaban J connectivity index is 2.06. The van der Waals surface area contributed by atoms with Gasteiger partial charge in [-0.15, -0.1) is 0 Å². The molecule has 1 aromatic rings. The van der Waals surface area contributed by atoms with Gasteiger partial charge in [0.25, 0.3) is 0 Å². The van der Waals surface area contributed by atoms with E-state index >= 15 is 0 Å². The lowest BCUT2D eigenvalue weighted by atomic mass is 10.1. The molecule has 0 saturated carbocycles. The first-order chi connectivity index (χ1) is 9.11. The van der Waals surface area contributed by atoms with Crippen LogP contribution in [0.1, 0.15) is 43.5 Å². The van der Waals surface area contributed by atoms with Gasteiger partial charge in [0.2, 0.25) is 0 Å². The molecule has 0 aromatic heterocycles. The maximum Gasteiger partial charge on any atom is 0.133 e. The van der Waals surface area contributed by atoms with E-state index in [0.717, 1.165) is 36.1 Å². The average Bonchev–Trinajstić information content (AvgIpc) is 2.83. The van der Waals surface area contributed by atoms with Crippen LogP contribution >= 0.6 is 31.9 Å². The van der Waals surface area contributed by atoms with Crippen LogP contribution in [0.5, 0.6) is 5.75 Å². The molecule has 1 saturated heterocycles. The van der Waals surface area contributed by atoms with Crippen molar-refractivity contribution in [3.63, 3.8) is 0 Å². The maximum absolute atomic E-state index is 5.92. The highest BCUT2D eigenvalue weighted by Crippen LogP contribution is 2.38. The summed E-state index contributed by atoms with van der Waals surface area (Å²) in [5, 5.41) is 0. The lowest BCUT2D eigenvalue weighted by Crippen LogP contribution is -2.14. The van der Waals surface area contributed by atoms with E-state index in [9.17, 15) is 0 Å². The van der Waals surface area contributed by atoms with Crippen molar-refractivity contribution in [1.29, 1.82) is 0 Å². The van der Waals surface area contributed by atoms with Crippen LogP contribution in [-0.2, 0) is 4.74 Å². The second-order valence-electron chi connectivity index (χ2n) is 5.00. The Bertz CT molecular complexity index is 423. The highest BCUT2D eigenvalue weighted by molar-refractivity contribution is 9.10. The smallest absolute Gasteiger partial charge is 0.133 e. The molecule has 19 heavy (non-hydrogen) atoms. The number of benzene rings is 1. The van der Waals surface area contributed by atoms with Gasteiger partial charge in [0, 0.05) is 0 Å². The van der Waals surface area contributed by atoms with Gasteiger partial charge >= 0.3 is 0 Å². The van der Waals surface area contributed by atoms with Crippen LogP contribution in [0, 0.1) is 0 Å². The normalized spacial score (nSPS) is 24.4. The molecule has 0 N–H and O–H groups in total. The van der Waals surface area contributed by atoms with Gasteiger partial charge in [0.15, 0.2) is 0 Å². The van der Waals surface area contributed by atoms with Crippen molar-refractivity contribution in [2.75, 3.05) is 6.61 Å². The summed E-state index contributed by atoms with van der Waals surface area (Å²) >= 11 is 7.34. The van der Waals surface area contributed by atoms with Gasteiger partial charge in [-0.25, -0.2) is 0 Å². The first-order valence-electron chi connectivity index (χ1n) is 6.83. The molecule has 2 nitrogen and oxygen atoms in total. The third-order valence-electron chi connectivity index (χ3n) is 3.33. The summed E-state index contributed by atoms with van der Waals surface area (Å²) in [4.78, 5) is 0.244. The van der Waals surface area contributed by atoms with E-state index < -0.39 is 0 Å². The molecule has 0 aliphatic carbocycles. The average molecular weight is 392 g/mol. The standard InChI is InChI=1S/C15H20Br2O2/c1-3-8-18-13-7-5-11(9-12(13)16)15(17)14-6-4-10(2)19-14/h5,7,9-10,14-15H,3-4,6,8H2,1-2H3. The first-order valence-corrected chi connectivity index (χ1v) is 8.54. The summed E-state index contributed by atoms with van der Waals surface area (Å²) in [6.07, 6.45) is 3.92. The van der Waals surface area contributed by atoms with Gasteiger partial charge in [0.1, 0.15) is 5.75 Å². The van der Waals surface area contributed by atoms with Crippen LogP contribution in [0.3, 0.4) is 0 Å². The molecule has 0 bridgehead atoms. The van der Waals surface area contributed by atoms with Crippen molar-refractivity contribution in [2.45, 2.75) is 50.1 Å². The maximum atomic E-state index is 5.92. The molecular weight excluding hydrogens is 372 g/mol. The van der Waals surface area contributed by atoms with E-state index in [0.29, 0.717) is 6.10 Å². The summed E-state index contributed by atoms with van der Waals surface area (Å²) in [6, 6.07) is 6.26. The highest BCUT2D eigenvalue weighted by Gasteiger charge is 2.29. The summed E-state index contributed by atoms with van der Waals surface area (Å²) in [6.45, 7) is 4.99. The number of ether oxygens (including phenoxy) is 2. The minimum absolute atomic E-state index is 0.244. The van der Waals surface area contributed by atoms with E-state index in [1.807, 2.05) is 6.07 Å². The third-order valence-corrected chi connectivity index (χ3v) is 5.07. The molecule has 1 aliphatic heterocycles. The molecule has 0 amide bonds. The predicted octanol–water partition coefficient (Wildman–Crippen LogP) is 5.24. The van der Waals surface area contributed by atoms with Gasteiger partial charge < -0.3 is 9.47 Å². The van der Waals surface area contributed by atoms with E-state index in [1.54, 1.807) is 0 Å². The molecule has 2 rings (SSSR count). The van der Waals surface area contributed by atoms with Crippen LogP contribution < -0.4 is 4.74 Å². The summed E-state index contributed by atoms with van der Waals surface area (Å²) < 4.78 is 12.6. The third kappa shape index (κ3) is 3.96. The lowest BCUT2D eigenvalue weighted by molar-refractivity contribution is 0.0556. The number of rotatable bonds is 5. The fourth-order valence-corrected chi connectivity index (χ4v) is 3.47. The molecule has 1 aromatic carbocycles. The predicted molar refractivity (Wildman–Crippen MR) is 85.2 cm³/mol. The van der Waals surface area contributed by atoms with Gasteiger partial charge in [-0.05, 0) is 59.8 Å². The van der Waals surface area contributed by atoms with Crippen molar-refractivity contribution < 1.29 is 9.47 Å². The molecule has 3 atom stereocenters. The number of alkyl halides is 1. The lowest BCUT2D eigenvalue weighted by Gasteiger charge is -2.19. The molecule has 1 heterocycles. The Morgan fingerprint density at radius 1 is 1.42 bits per heavy atom. The van der Waals surface area contributed by atoms with Crippen LogP contribution in [-0.4, -0.2) is 18.8 Å². The second kappa shape index (κ2) is 7.09. The summed E-state index contributed by atoms with van der Waals surface area (Å²) in [7, 11) is 0. The fourth-order valence-electron chi connectivity index (χ4n) is 2.28. The Labute approximate surface area is 132 Å². The summed E-state index contributed by atoms with van der Waals surface area (Å²) in [5.74, 6) is 0.908. The van der Waals surface area contributed by atoms with Crippen molar-refractivity contribution in [3.05, 3.63) is 28.2 Å². The Hall–Kier alpha value is -0.0600. The van der Waals surface area contributed by atoms with Crippen LogP contribution in [0.25, 0.3) is 0 Å². The fraction of sp³-hybridized carbons (Fsp3) is 0.600. The summed E-state index contributed by atoms with van der Waals surface area (Å²) in [5.41, 5.74) is 1.23. The number of hydrogen-bond acceptors (Lipinski definition) is 2. The van der Waals surface area contributed by atoms with E-state index in [4.69, 9.17) is 9.47 Å². The zero-order chi connectivity index (χ0) is 13.8. The van der Waals surface area contributed by atoms with Crippen molar-refractivity contribution >= 4 is 31.9 Å². The van der Waals surface area contributed by atoms with E-state index in [1.165, 1.54) is 5.56 Å². The topological polar surface area (TPSA) is 18.5 Å². The second-order valence-corrected chi connectivity index (χ2v) is 6.84. The van der Waals surface area contributed by atoms with Crippen molar-refractivity contribution in [2.24, 2.45) is 0 Å². The SMILES string of the molecule is CCCOc1ccc(C(Br)C2CCC(C)O2)cc1Br. The monoisotopic (exact) mass is 390 g/mol. The molecule has 4 heteroatoms. The first kappa shape index (κ1) is 15.3.